The summed E-state index contributed by atoms with van der Waals surface area (Å²) in [6.07, 6.45) is 3.29. The Bertz CT molecular complexity index is 362. The third-order valence-corrected chi connectivity index (χ3v) is 4.57. The number of aromatic nitrogens is 1. The third kappa shape index (κ3) is 1.95. The van der Waals surface area contributed by atoms with Gasteiger partial charge in [-0.15, -0.1) is 11.3 Å². The highest BCUT2D eigenvalue weighted by atomic mass is 32.1. The van der Waals surface area contributed by atoms with E-state index >= 15 is 0 Å². The van der Waals surface area contributed by atoms with Gasteiger partial charge in [0.25, 0.3) is 0 Å². The van der Waals surface area contributed by atoms with Crippen LogP contribution in [0.1, 0.15) is 17.2 Å². The summed E-state index contributed by atoms with van der Waals surface area (Å²) in [5, 5.41) is 1.15. The number of morpholine rings is 1. The summed E-state index contributed by atoms with van der Waals surface area (Å²) in [6.45, 7) is 4.40. The van der Waals surface area contributed by atoms with Crippen LogP contribution in [-0.2, 0) is 4.74 Å². The molecule has 0 spiro atoms. The molecule has 0 amide bonds. The van der Waals surface area contributed by atoms with Gasteiger partial charge >= 0.3 is 0 Å². The Labute approximate surface area is 99.4 Å². The fourth-order valence-electron chi connectivity index (χ4n) is 2.21. The zero-order valence-corrected chi connectivity index (χ0v) is 10.1. The zero-order valence-electron chi connectivity index (χ0n) is 9.26. The van der Waals surface area contributed by atoms with Gasteiger partial charge in [0.1, 0.15) is 0 Å². The van der Waals surface area contributed by atoms with Crippen molar-refractivity contribution in [2.24, 2.45) is 11.7 Å². The van der Waals surface area contributed by atoms with E-state index in [9.17, 15) is 0 Å². The van der Waals surface area contributed by atoms with E-state index in [1.165, 1.54) is 11.3 Å². The second kappa shape index (κ2) is 4.31. The van der Waals surface area contributed by atoms with Gasteiger partial charge in [0.05, 0.1) is 13.2 Å². The standard InChI is InChI=1S/C11H17N3OS/c12-6-8-5-9(8)10-7-13-11(16-10)14-1-3-15-4-2-14/h7-9H,1-6,12H2/t8-,9+/m0/s1. The molecule has 4 nitrogen and oxygen atoms in total. The first-order chi connectivity index (χ1) is 7.88. The lowest BCUT2D eigenvalue weighted by molar-refractivity contribution is 0.122. The molecular weight excluding hydrogens is 222 g/mol. The van der Waals surface area contributed by atoms with Crippen molar-refractivity contribution in [1.82, 2.24) is 4.98 Å². The van der Waals surface area contributed by atoms with Crippen molar-refractivity contribution in [3.8, 4) is 0 Å². The second-order valence-corrected chi connectivity index (χ2v) is 5.52. The van der Waals surface area contributed by atoms with Crippen LogP contribution in [0, 0.1) is 5.92 Å². The molecule has 2 atom stereocenters. The second-order valence-electron chi connectivity index (χ2n) is 4.48. The van der Waals surface area contributed by atoms with E-state index in [0.717, 1.165) is 38.0 Å². The van der Waals surface area contributed by atoms with Crippen LogP contribution in [0.15, 0.2) is 6.20 Å². The van der Waals surface area contributed by atoms with E-state index in [1.54, 1.807) is 0 Å². The molecule has 0 radical (unpaired) electrons. The number of hydrogen-bond donors (Lipinski definition) is 1. The molecule has 16 heavy (non-hydrogen) atoms. The Morgan fingerprint density at radius 1 is 1.50 bits per heavy atom. The maximum Gasteiger partial charge on any atom is 0.185 e. The average molecular weight is 239 g/mol. The number of nitrogens with zero attached hydrogens (tertiary/aromatic N) is 2. The highest BCUT2D eigenvalue weighted by molar-refractivity contribution is 7.15. The maximum absolute atomic E-state index is 5.67. The molecule has 1 saturated heterocycles. The van der Waals surface area contributed by atoms with Crippen LogP contribution >= 0.6 is 11.3 Å². The molecule has 0 unspecified atom stereocenters. The predicted molar refractivity (Wildman–Crippen MR) is 65.0 cm³/mol. The third-order valence-electron chi connectivity index (χ3n) is 3.38. The zero-order chi connectivity index (χ0) is 11.0. The van der Waals surface area contributed by atoms with Crippen LogP contribution in [0.5, 0.6) is 0 Å². The monoisotopic (exact) mass is 239 g/mol. The highest BCUT2D eigenvalue weighted by Gasteiger charge is 2.38. The summed E-state index contributed by atoms with van der Waals surface area (Å²) in [5.74, 6) is 1.40. The Kier molecular flexibility index (Phi) is 2.83. The molecule has 0 aromatic carbocycles. The fourth-order valence-corrected chi connectivity index (χ4v) is 3.38. The van der Waals surface area contributed by atoms with Crippen LogP contribution in [-0.4, -0.2) is 37.8 Å². The Morgan fingerprint density at radius 2 is 2.31 bits per heavy atom. The van der Waals surface area contributed by atoms with Crippen LogP contribution in [0.4, 0.5) is 5.13 Å². The molecule has 1 aliphatic carbocycles. The van der Waals surface area contributed by atoms with Gasteiger partial charge in [0, 0.05) is 24.2 Å². The molecule has 1 saturated carbocycles. The van der Waals surface area contributed by atoms with Crippen molar-refractivity contribution in [3.05, 3.63) is 11.1 Å². The van der Waals surface area contributed by atoms with Gasteiger partial charge in [-0.25, -0.2) is 4.98 Å². The Balaban J connectivity index is 1.68. The lowest BCUT2D eigenvalue weighted by Crippen LogP contribution is -2.36. The van der Waals surface area contributed by atoms with Crippen molar-refractivity contribution < 1.29 is 4.74 Å². The van der Waals surface area contributed by atoms with Gasteiger partial charge in [0.15, 0.2) is 5.13 Å². The van der Waals surface area contributed by atoms with E-state index in [2.05, 4.69) is 9.88 Å². The smallest absolute Gasteiger partial charge is 0.185 e. The van der Waals surface area contributed by atoms with E-state index in [-0.39, 0.29) is 0 Å². The van der Waals surface area contributed by atoms with Crippen molar-refractivity contribution in [1.29, 1.82) is 0 Å². The minimum atomic E-state index is 0.692. The molecule has 1 aromatic rings. The molecule has 3 rings (SSSR count). The Morgan fingerprint density at radius 3 is 3.00 bits per heavy atom. The summed E-state index contributed by atoms with van der Waals surface area (Å²) in [4.78, 5) is 8.25. The number of anilines is 1. The number of ether oxygens (including phenoxy) is 1. The van der Waals surface area contributed by atoms with E-state index in [4.69, 9.17) is 10.5 Å². The van der Waals surface area contributed by atoms with Crippen molar-refractivity contribution in [3.63, 3.8) is 0 Å². The number of rotatable bonds is 3. The summed E-state index contributed by atoms with van der Waals surface area (Å²) in [6, 6.07) is 0. The van der Waals surface area contributed by atoms with Crippen molar-refractivity contribution in [2.75, 3.05) is 37.7 Å². The van der Waals surface area contributed by atoms with Crippen molar-refractivity contribution >= 4 is 16.5 Å². The molecule has 88 valence electrons. The summed E-state index contributed by atoms with van der Waals surface area (Å²) >= 11 is 1.83. The largest absolute Gasteiger partial charge is 0.378 e. The minimum absolute atomic E-state index is 0.692. The molecule has 2 aliphatic rings. The van der Waals surface area contributed by atoms with Crippen LogP contribution in [0.3, 0.4) is 0 Å². The molecule has 2 fully saturated rings. The van der Waals surface area contributed by atoms with E-state index in [0.29, 0.717) is 11.8 Å². The molecule has 1 aliphatic heterocycles. The molecule has 0 bridgehead atoms. The normalized spacial score (nSPS) is 29.4. The summed E-state index contributed by atoms with van der Waals surface area (Å²) in [7, 11) is 0. The summed E-state index contributed by atoms with van der Waals surface area (Å²) < 4.78 is 5.34. The average Bonchev–Trinajstić information content (AvgIpc) is 2.98. The lowest BCUT2D eigenvalue weighted by atomic mass is 10.3. The summed E-state index contributed by atoms with van der Waals surface area (Å²) in [5.41, 5.74) is 5.67. The lowest BCUT2D eigenvalue weighted by Gasteiger charge is -2.25. The maximum atomic E-state index is 5.67. The first kappa shape index (κ1) is 10.5. The number of thiazole rings is 1. The molecular formula is C11H17N3OS. The van der Waals surface area contributed by atoms with Gasteiger partial charge in [0.2, 0.25) is 0 Å². The molecule has 2 N–H and O–H groups in total. The van der Waals surface area contributed by atoms with Gasteiger partial charge in [-0.3, -0.25) is 0 Å². The van der Waals surface area contributed by atoms with E-state index < -0.39 is 0 Å². The first-order valence-corrected chi connectivity index (χ1v) is 6.68. The Hall–Kier alpha value is -0.650. The minimum Gasteiger partial charge on any atom is -0.378 e. The molecule has 1 aromatic heterocycles. The first-order valence-electron chi connectivity index (χ1n) is 5.87. The van der Waals surface area contributed by atoms with Gasteiger partial charge in [-0.1, -0.05) is 0 Å². The van der Waals surface area contributed by atoms with Crippen LogP contribution in [0.2, 0.25) is 0 Å². The number of hydrogen-bond acceptors (Lipinski definition) is 5. The molecule has 2 heterocycles. The van der Waals surface area contributed by atoms with Gasteiger partial charge < -0.3 is 15.4 Å². The van der Waals surface area contributed by atoms with Crippen LogP contribution in [0.25, 0.3) is 0 Å². The fraction of sp³-hybridized carbons (Fsp3) is 0.727. The quantitative estimate of drug-likeness (QED) is 0.856. The highest BCUT2D eigenvalue weighted by Crippen LogP contribution is 2.49. The van der Waals surface area contributed by atoms with Crippen LogP contribution < -0.4 is 10.6 Å². The van der Waals surface area contributed by atoms with Gasteiger partial charge in [-0.2, -0.15) is 0 Å². The van der Waals surface area contributed by atoms with Crippen molar-refractivity contribution in [2.45, 2.75) is 12.3 Å². The topological polar surface area (TPSA) is 51.4 Å². The SMILES string of the molecule is NC[C@@H]1C[C@H]1c1cnc(N2CCOCC2)s1. The van der Waals surface area contributed by atoms with Gasteiger partial charge in [-0.05, 0) is 24.8 Å². The molecule has 5 heteroatoms. The predicted octanol–water partition coefficient (Wildman–Crippen LogP) is 1.04. The van der Waals surface area contributed by atoms with E-state index in [1.807, 2.05) is 17.5 Å². The number of nitrogens with two attached hydrogens (primary N) is 1.